The standard InChI is InChI=1S/C30H28ClF4NO5/c31-22-4-2-5-23(32)26(22)29-36-27(28(41-29)30(33,34)35)24(38)6-1-3-21(37)15-17-7-11-19(12-8-17)20-13-9-18(10-14-20)16-25(39)40/h2,4-5,7-8,11-12,18,20H,1,3,6,9-10,13-16H2,(H,39,40). The number of aliphatic carboxylic acids is 1. The molecule has 0 unspecified atom stereocenters. The van der Waals surface area contributed by atoms with Crippen LogP contribution in [0.15, 0.2) is 46.9 Å². The Balaban J connectivity index is 1.31. The fraction of sp³-hybridized carbons (Fsp3) is 0.400. The normalized spacial score (nSPS) is 17.4. The molecule has 1 aliphatic carbocycles. The van der Waals surface area contributed by atoms with Gasteiger partial charge in [-0.3, -0.25) is 14.4 Å². The Morgan fingerprint density at radius 2 is 1.68 bits per heavy atom. The molecular formula is C30H28ClF4NO5. The van der Waals surface area contributed by atoms with Crippen LogP contribution in [-0.2, 0) is 22.2 Å². The highest BCUT2D eigenvalue weighted by Crippen LogP contribution is 2.39. The van der Waals surface area contributed by atoms with Crippen molar-refractivity contribution in [1.82, 2.24) is 4.98 Å². The van der Waals surface area contributed by atoms with Crippen molar-refractivity contribution < 1.29 is 41.5 Å². The number of halogens is 5. The van der Waals surface area contributed by atoms with Crippen LogP contribution in [0.2, 0.25) is 5.02 Å². The zero-order chi connectivity index (χ0) is 29.7. The van der Waals surface area contributed by atoms with Crippen molar-refractivity contribution in [1.29, 1.82) is 0 Å². The molecule has 3 aromatic rings. The highest BCUT2D eigenvalue weighted by Gasteiger charge is 2.42. The summed E-state index contributed by atoms with van der Waals surface area (Å²) in [6, 6.07) is 11.2. The Kier molecular flexibility index (Phi) is 9.63. The molecule has 4 rings (SSSR count). The van der Waals surface area contributed by atoms with Gasteiger partial charge in [-0.1, -0.05) is 41.9 Å². The lowest BCUT2D eigenvalue weighted by Crippen LogP contribution is -2.16. The van der Waals surface area contributed by atoms with Gasteiger partial charge in [0.25, 0.3) is 0 Å². The second kappa shape index (κ2) is 13.0. The van der Waals surface area contributed by atoms with E-state index in [1.807, 2.05) is 24.3 Å². The van der Waals surface area contributed by atoms with Crippen LogP contribution in [0, 0.1) is 11.7 Å². The van der Waals surface area contributed by atoms with Gasteiger partial charge in [0.05, 0.1) is 10.6 Å². The van der Waals surface area contributed by atoms with Crippen LogP contribution in [0.5, 0.6) is 0 Å². The molecule has 11 heteroatoms. The summed E-state index contributed by atoms with van der Waals surface area (Å²) in [5.74, 6) is -4.70. The van der Waals surface area contributed by atoms with E-state index in [1.54, 1.807) is 0 Å². The van der Waals surface area contributed by atoms with Gasteiger partial charge in [0.15, 0.2) is 11.5 Å². The molecule has 218 valence electrons. The van der Waals surface area contributed by atoms with Gasteiger partial charge in [-0.25, -0.2) is 9.37 Å². The van der Waals surface area contributed by atoms with Crippen LogP contribution in [0.4, 0.5) is 17.6 Å². The van der Waals surface area contributed by atoms with Gasteiger partial charge >= 0.3 is 12.1 Å². The van der Waals surface area contributed by atoms with Crippen LogP contribution >= 0.6 is 11.6 Å². The van der Waals surface area contributed by atoms with Crippen molar-refractivity contribution in [3.8, 4) is 11.5 Å². The zero-order valence-electron chi connectivity index (χ0n) is 22.0. The predicted molar refractivity (Wildman–Crippen MR) is 142 cm³/mol. The zero-order valence-corrected chi connectivity index (χ0v) is 22.7. The molecule has 1 saturated carbocycles. The van der Waals surface area contributed by atoms with Crippen molar-refractivity contribution >= 4 is 29.1 Å². The molecule has 1 fully saturated rings. The summed E-state index contributed by atoms with van der Waals surface area (Å²) in [7, 11) is 0. The third-order valence-electron chi connectivity index (χ3n) is 7.35. The third-order valence-corrected chi connectivity index (χ3v) is 7.66. The Morgan fingerprint density at radius 1 is 1.00 bits per heavy atom. The molecular weight excluding hydrogens is 566 g/mol. The minimum Gasteiger partial charge on any atom is -0.481 e. The van der Waals surface area contributed by atoms with E-state index in [4.69, 9.17) is 21.1 Å². The van der Waals surface area contributed by atoms with Gasteiger partial charge in [-0.2, -0.15) is 13.2 Å². The Morgan fingerprint density at radius 3 is 2.29 bits per heavy atom. The summed E-state index contributed by atoms with van der Waals surface area (Å²) >= 11 is 5.91. The molecule has 1 aromatic heterocycles. The van der Waals surface area contributed by atoms with E-state index in [1.165, 1.54) is 12.1 Å². The first kappa shape index (κ1) is 30.4. The number of oxazole rings is 1. The number of hydrogen-bond acceptors (Lipinski definition) is 5. The molecule has 0 amide bonds. The first-order chi connectivity index (χ1) is 19.4. The summed E-state index contributed by atoms with van der Waals surface area (Å²) in [6.07, 6.45) is -1.55. The smallest absolute Gasteiger partial charge is 0.452 e. The van der Waals surface area contributed by atoms with Gasteiger partial charge in [-0.05, 0) is 67.2 Å². The molecule has 0 radical (unpaired) electrons. The van der Waals surface area contributed by atoms with E-state index >= 15 is 0 Å². The molecule has 2 aromatic carbocycles. The van der Waals surface area contributed by atoms with Crippen LogP contribution in [0.3, 0.4) is 0 Å². The fourth-order valence-electron chi connectivity index (χ4n) is 5.25. The number of Topliss-reactive ketones (excluding diaryl/α,β-unsaturated/α-hetero) is 2. The number of carboxylic acids is 1. The molecule has 6 nitrogen and oxygen atoms in total. The number of aromatic nitrogens is 1. The van der Waals surface area contributed by atoms with Crippen molar-refractivity contribution in [3.05, 3.63) is 75.9 Å². The van der Waals surface area contributed by atoms with Gasteiger partial charge in [0, 0.05) is 25.7 Å². The molecule has 1 N–H and O–H groups in total. The largest absolute Gasteiger partial charge is 0.481 e. The van der Waals surface area contributed by atoms with E-state index in [9.17, 15) is 31.9 Å². The Labute approximate surface area is 238 Å². The summed E-state index contributed by atoms with van der Waals surface area (Å²) < 4.78 is 59.6. The minimum absolute atomic E-state index is 0.00920. The lowest BCUT2D eigenvalue weighted by molar-refractivity contribution is -0.153. The van der Waals surface area contributed by atoms with E-state index in [0.717, 1.165) is 42.9 Å². The first-order valence-corrected chi connectivity index (χ1v) is 13.7. The number of carbonyl (C=O) groups is 3. The molecule has 0 aliphatic heterocycles. The lowest BCUT2D eigenvalue weighted by atomic mass is 9.77. The van der Waals surface area contributed by atoms with Crippen LogP contribution in [-0.4, -0.2) is 27.6 Å². The summed E-state index contributed by atoms with van der Waals surface area (Å²) in [4.78, 5) is 39.7. The highest BCUT2D eigenvalue weighted by molar-refractivity contribution is 6.33. The number of nitrogens with zero attached hydrogens (tertiary/aromatic N) is 1. The average Bonchev–Trinajstić information content (AvgIpc) is 3.35. The van der Waals surface area contributed by atoms with Crippen LogP contribution in [0.25, 0.3) is 11.5 Å². The predicted octanol–water partition coefficient (Wildman–Crippen LogP) is 8.07. The fourth-order valence-corrected chi connectivity index (χ4v) is 5.49. The number of rotatable bonds is 11. The number of benzene rings is 2. The molecule has 1 aliphatic rings. The van der Waals surface area contributed by atoms with E-state index in [0.29, 0.717) is 5.92 Å². The molecule has 41 heavy (non-hydrogen) atoms. The number of carboxylic acid groups (broad SMARTS) is 1. The summed E-state index contributed by atoms with van der Waals surface area (Å²) in [6.45, 7) is 0. The van der Waals surface area contributed by atoms with E-state index in [-0.39, 0.29) is 48.8 Å². The monoisotopic (exact) mass is 593 g/mol. The Hall–Kier alpha value is -3.53. The summed E-state index contributed by atoms with van der Waals surface area (Å²) in [5.41, 5.74) is 0.467. The molecule has 0 saturated heterocycles. The van der Waals surface area contributed by atoms with Gasteiger partial charge in [0.1, 0.15) is 11.6 Å². The maximum absolute atomic E-state index is 14.2. The average molecular weight is 594 g/mol. The molecule has 1 heterocycles. The molecule has 0 bridgehead atoms. The third kappa shape index (κ3) is 7.81. The van der Waals surface area contributed by atoms with Crippen molar-refractivity contribution in [2.24, 2.45) is 5.92 Å². The number of ketones is 2. The minimum atomic E-state index is -5.05. The van der Waals surface area contributed by atoms with Gasteiger partial charge < -0.3 is 9.52 Å². The molecule has 0 spiro atoms. The van der Waals surface area contributed by atoms with Crippen molar-refractivity contribution in [3.63, 3.8) is 0 Å². The molecule has 0 atom stereocenters. The summed E-state index contributed by atoms with van der Waals surface area (Å²) in [5, 5.41) is 8.75. The van der Waals surface area contributed by atoms with Gasteiger partial charge in [0.2, 0.25) is 11.7 Å². The number of carbonyl (C=O) groups excluding carboxylic acids is 2. The van der Waals surface area contributed by atoms with Crippen LogP contribution in [0.1, 0.15) is 84.7 Å². The van der Waals surface area contributed by atoms with Crippen molar-refractivity contribution in [2.45, 2.75) is 69.9 Å². The van der Waals surface area contributed by atoms with Gasteiger partial charge in [-0.15, -0.1) is 0 Å². The lowest BCUT2D eigenvalue weighted by Gasteiger charge is -2.28. The quantitative estimate of drug-likeness (QED) is 0.178. The maximum Gasteiger partial charge on any atom is 0.452 e. The van der Waals surface area contributed by atoms with E-state index < -0.39 is 46.7 Å². The Bertz CT molecular complexity index is 1390. The van der Waals surface area contributed by atoms with Crippen LogP contribution < -0.4 is 0 Å². The topological polar surface area (TPSA) is 97.5 Å². The van der Waals surface area contributed by atoms with E-state index in [2.05, 4.69) is 4.98 Å². The number of hydrogen-bond donors (Lipinski definition) is 1. The number of alkyl halides is 3. The van der Waals surface area contributed by atoms with Crippen molar-refractivity contribution in [2.75, 3.05) is 0 Å². The highest BCUT2D eigenvalue weighted by atomic mass is 35.5. The SMILES string of the molecule is O=C(O)CC1CCC(c2ccc(CC(=O)CCCC(=O)c3nc(-c4c(F)cccc4Cl)oc3C(F)(F)F)cc2)CC1. The first-order valence-electron chi connectivity index (χ1n) is 13.3. The second-order valence-electron chi connectivity index (χ2n) is 10.3. The second-order valence-corrected chi connectivity index (χ2v) is 10.7. The maximum atomic E-state index is 14.2.